The third kappa shape index (κ3) is 2.47. The molecule has 0 amide bonds. The fourth-order valence-corrected chi connectivity index (χ4v) is 1.99. The van der Waals surface area contributed by atoms with E-state index in [1.165, 1.54) is 0 Å². The van der Waals surface area contributed by atoms with Crippen LogP contribution in [0.2, 0.25) is 0 Å². The van der Waals surface area contributed by atoms with Crippen molar-refractivity contribution in [2.45, 2.75) is 44.8 Å². The molecule has 1 heterocycles. The fraction of sp³-hybridized carbons (Fsp3) is 1.00. The molecule has 1 N–H and O–H groups in total. The molecule has 0 radical (unpaired) electrons. The molecule has 1 saturated heterocycles. The van der Waals surface area contributed by atoms with Gasteiger partial charge in [0.25, 0.3) is 0 Å². The van der Waals surface area contributed by atoms with Crippen LogP contribution in [-0.2, 0) is 9.47 Å². The third-order valence-electron chi connectivity index (χ3n) is 3.44. The van der Waals surface area contributed by atoms with Crippen LogP contribution in [-0.4, -0.2) is 37.1 Å². The lowest BCUT2D eigenvalue weighted by molar-refractivity contribution is -0.135. The number of aliphatic hydroxyl groups excluding tert-OH is 1. The third-order valence-corrected chi connectivity index (χ3v) is 3.44. The monoisotopic (exact) mass is 202 g/mol. The van der Waals surface area contributed by atoms with Crippen molar-refractivity contribution in [3.8, 4) is 0 Å². The number of aliphatic hydroxyl groups is 1. The highest BCUT2D eigenvalue weighted by molar-refractivity contribution is 4.88. The smallest absolute Gasteiger partial charge is 0.0909 e. The zero-order valence-electron chi connectivity index (χ0n) is 9.45. The van der Waals surface area contributed by atoms with Gasteiger partial charge in [0.1, 0.15) is 0 Å². The van der Waals surface area contributed by atoms with Crippen molar-refractivity contribution in [1.82, 2.24) is 0 Å². The average Bonchev–Trinajstić information content (AvgIpc) is 2.28. The number of rotatable bonds is 4. The lowest BCUT2D eigenvalue weighted by Gasteiger charge is -2.38. The number of methoxy groups -OCH3 is 1. The molecule has 84 valence electrons. The second-order valence-corrected chi connectivity index (χ2v) is 4.29. The second kappa shape index (κ2) is 5.10. The molecular weight excluding hydrogens is 180 g/mol. The summed E-state index contributed by atoms with van der Waals surface area (Å²) in [6.07, 6.45) is 2.49. The largest absolute Gasteiger partial charge is 0.390 e. The summed E-state index contributed by atoms with van der Waals surface area (Å²) >= 11 is 0. The molecule has 3 heteroatoms. The average molecular weight is 202 g/mol. The van der Waals surface area contributed by atoms with Crippen LogP contribution in [0.25, 0.3) is 0 Å². The zero-order valence-corrected chi connectivity index (χ0v) is 9.45. The van der Waals surface area contributed by atoms with Gasteiger partial charge in [-0.3, -0.25) is 0 Å². The van der Waals surface area contributed by atoms with E-state index in [0.29, 0.717) is 6.61 Å². The first-order valence-corrected chi connectivity index (χ1v) is 5.45. The summed E-state index contributed by atoms with van der Waals surface area (Å²) in [6, 6.07) is 0. The van der Waals surface area contributed by atoms with Crippen molar-refractivity contribution >= 4 is 0 Å². The molecule has 14 heavy (non-hydrogen) atoms. The molecule has 1 aliphatic heterocycles. The lowest BCUT2D eigenvalue weighted by atomic mass is 9.83. The summed E-state index contributed by atoms with van der Waals surface area (Å²) in [5, 5.41) is 10.2. The van der Waals surface area contributed by atoms with Gasteiger partial charge in [0.2, 0.25) is 0 Å². The SMILES string of the molecule is CCC(C)(OC)C(O)C1CCCOC1. The molecule has 3 nitrogen and oxygen atoms in total. The molecule has 0 aromatic carbocycles. The van der Waals surface area contributed by atoms with Gasteiger partial charge in [0.15, 0.2) is 0 Å². The predicted molar refractivity (Wildman–Crippen MR) is 55.3 cm³/mol. The van der Waals surface area contributed by atoms with Crippen LogP contribution in [0.5, 0.6) is 0 Å². The lowest BCUT2D eigenvalue weighted by Crippen LogP contribution is -2.47. The summed E-state index contributed by atoms with van der Waals surface area (Å²) < 4.78 is 10.8. The Balaban J connectivity index is 2.56. The van der Waals surface area contributed by atoms with E-state index < -0.39 is 11.7 Å². The van der Waals surface area contributed by atoms with Gasteiger partial charge in [-0.1, -0.05) is 6.92 Å². The van der Waals surface area contributed by atoms with Crippen molar-refractivity contribution < 1.29 is 14.6 Å². The van der Waals surface area contributed by atoms with Gasteiger partial charge in [-0.2, -0.15) is 0 Å². The van der Waals surface area contributed by atoms with Crippen LogP contribution >= 0.6 is 0 Å². The van der Waals surface area contributed by atoms with Crippen molar-refractivity contribution in [3.63, 3.8) is 0 Å². The molecule has 1 aliphatic rings. The first-order chi connectivity index (χ1) is 6.64. The fourth-order valence-electron chi connectivity index (χ4n) is 1.99. The first-order valence-electron chi connectivity index (χ1n) is 5.45. The molecule has 0 aromatic heterocycles. The van der Waals surface area contributed by atoms with Crippen LogP contribution in [0, 0.1) is 5.92 Å². The van der Waals surface area contributed by atoms with E-state index in [2.05, 4.69) is 0 Å². The highest BCUT2D eigenvalue weighted by Crippen LogP contribution is 2.29. The quantitative estimate of drug-likeness (QED) is 0.752. The van der Waals surface area contributed by atoms with Crippen LogP contribution in [0.4, 0.5) is 0 Å². The number of ether oxygens (including phenoxy) is 2. The van der Waals surface area contributed by atoms with E-state index in [0.717, 1.165) is 25.9 Å². The van der Waals surface area contributed by atoms with Crippen LogP contribution < -0.4 is 0 Å². The molecule has 3 unspecified atom stereocenters. The Hall–Kier alpha value is -0.120. The maximum atomic E-state index is 10.2. The minimum atomic E-state index is -0.425. The highest BCUT2D eigenvalue weighted by atomic mass is 16.5. The maximum absolute atomic E-state index is 10.2. The Morgan fingerprint density at radius 2 is 2.36 bits per heavy atom. The van der Waals surface area contributed by atoms with E-state index in [4.69, 9.17) is 9.47 Å². The summed E-state index contributed by atoms with van der Waals surface area (Å²) in [5.74, 6) is 0.230. The van der Waals surface area contributed by atoms with E-state index in [-0.39, 0.29) is 5.92 Å². The van der Waals surface area contributed by atoms with Crippen molar-refractivity contribution in [2.75, 3.05) is 20.3 Å². The molecule has 1 fully saturated rings. The summed E-state index contributed by atoms with van der Waals surface area (Å²) in [6.45, 7) is 5.50. The van der Waals surface area contributed by atoms with E-state index in [1.54, 1.807) is 7.11 Å². The van der Waals surface area contributed by atoms with Gasteiger partial charge in [0, 0.05) is 19.6 Å². The number of hydrogen-bond acceptors (Lipinski definition) is 3. The summed E-state index contributed by atoms with van der Waals surface area (Å²) in [7, 11) is 1.66. The Morgan fingerprint density at radius 3 is 2.79 bits per heavy atom. The van der Waals surface area contributed by atoms with Crippen LogP contribution in [0.15, 0.2) is 0 Å². The van der Waals surface area contributed by atoms with Crippen molar-refractivity contribution in [1.29, 1.82) is 0 Å². The topological polar surface area (TPSA) is 38.7 Å². The molecule has 0 aliphatic carbocycles. The minimum absolute atomic E-state index is 0.230. The maximum Gasteiger partial charge on any atom is 0.0909 e. The van der Waals surface area contributed by atoms with Crippen molar-refractivity contribution in [2.24, 2.45) is 5.92 Å². The van der Waals surface area contributed by atoms with E-state index in [1.807, 2.05) is 13.8 Å². The molecule has 0 saturated carbocycles. The Kier molecular flexibility index (Phi) is 4.35. The summed E-state index contributed by atoms with van der Waals surface area (Å²) in [4.78, 5) is 0. The molecule has 0 bridgehead atoms. The predicted octanol–water partition coefficient (Wildman–Crippen LogP) is 1.59. The Bertz CT molecular complexity index is 160. The van der Waals surface area contributed by atoms with Crippen molar-refractivity contribution in [3.05, 3.63) is 0 Å². The minimum Gasteiger partial charge on any atom is -0.390 e. The molecule has 1 rings (SSSR count). The van der Waals surface area contributed by atoms with Gasteiger partial charge < -0.3 is 14.6 Å². The van der Waals surface area contributed by atoms with E-state index in [9.17, 15) is 5.11 Å². The van der Waals surface area contributed by atoms with E-state index >= 15 is 0 Å². The molecule has 0 spiro atoms. The Labute approximate surface area is 86.4 Å². The van der Waals surface area contributed by atoms with Gasteiger partial charge in [-0.05, 0) is 26.2 Å². The van der Waals surface area contributed by atoms with Gasteiger partial charge in [-0.15, -0.1) is 0 Å². The zero-order chi connectivity index (χ0) is 10.6. The Morgan fingerprint density at radius 1 is 1.64 bits per heavy atom. The normalized spacial score (nSPS) is 29.6. The first kappa shape index (κ1) is 12.0. The highest BCUT2D eigenvalue weighted by Gasteiger charge is 2.37. The second-order valence-electron chi connectivity index (χ2n) is 4.29. The molecule has 3 atom stereocenters. The van der Waals surface area contributed by atoms with Gasteiger partial charge in [-0.25, -0.2) is 0 Å². The van der Waals surface area contributed by atoms with Crippen LogP contribution in [0.1, 0.15) is 33.1 Å². The number of hydrogen-bond donors (Lipinski definition) is 1. The van der Waals surface area contributed by atoms with Gasteiger partial charge >= 0.3 is 0 Å². The molecular formula is C11H22O3. The standard InChI is InChI=1S/C11H22O3/c1-4-11(2,13-3)10(12)9-6-5-7-14-8-9/h9-10,12H,4-8H2,1-3H3. The van der Waals surface area contributed by atoms with Gasteiger partial charge in [0.05, 0.1) is 18.3 Å². The summed E-state index contributed by atoms with van der Waals surface area (Å²) in [5.41, 5.74) is -0.425. The van der Waals surface area contributed by atoms with Crippen LogP contribution in [0.3, 0.4) is 0 Å². The molecule has 0 aromatic rings.